The van der Waals surface area contributed by atoms with E-state index in [2.05, 4.69) is 91.1 Å². The van der Waals surface area contributed by atoms with Gasteiger partial charge in [-0.2, -0.15) is 24.4 Å². The van der Waals surface area contributed by atoms with E-state index in [1.165, 1.54) is 45.9 Å². The van der Waals surface area contributed by atoms with E-state index < -0.39 is 180 Å². The maximum Gasteiger partial charge on any atom is 0.326 e. The van der Waals surface area contributed by atoms with Gasteiger partial charge in [-0.25, -0.2) is 9.78 Å². The van der Waals surface area contributed by atoms with E-state index in [1.54, 1.807) is 64.3 Å². The fourth-order valence-electron chi connectivity index (χ4n) is 13.6. The largest absolute Gasteiger partial charge is 0.480 e. The number of carbonyl (C=O) groups excluding carboxylic acids is 14. The molecule has 0 bridgehead atoms. The number of carboxylic acid groups (broad SMARTS) is 1. The molecule has 1 unspecified atom stereocenters. The van der Waals surface area contributed by atoms with Crippen molar-refractivity contribution in [2.24, 2.45) is 44.8 Å². The number of thioether (sulfide) groups is 1. The Morgan fingerprint density at radius 3 is 1.58 bits per heavy atom. The molecule has 4 aliphatic heterocycles. The van der Waals surface area contributed by atoms with Gasteiger partial charge in [0.1, 0.15) is 84.6 Å². The van der Waals surface area contributed by atoms with Gasteiger partial charge in [0.25, 0.3) is 0 Å². The second-order valence-corrected chi connectivity index (χ2v) is 30.5. The molecule has 22 N–H and O–H groups in total. The number of rotatable bonds is 44. The Labute approximate surface area is 665 Å². The van der Waals surface area contributed by atoms with Crippen molar-refractivity contribution < 1.29 is 82.1 Å². The van der Waals surface area contributed by atoms with Gasteiger partial charge in [-0.1, -0.05) is 58.0 Å². The van der Waals surface area contributed by atoms with Gasteiger partial charge in [0.15, 0.2) is 11.9 Å². The number of hydrogen-bond acceptors (Lipinski definition) is 21. The number of nitrogens with two attached hydrogens (primary N) is 4. The second-order valence-electron chi connectivity index (χ2n) is 29.2. The monoisotopic (exact) mass is 1620 g/mol. The molecular weight excluding hydrogens is 1510 g/mol. The molecular formula is C72H112N22O17S2. The summed E-state index contributed by atoms with van der Waals surface area (Å²) in [6.45, 7) is 7.56. The van der Waals surface area contributed by atoms with E-state index in [4.69, 9.17) is 22.9 Å². The Balaban J connectivity index is 1.12. The summed E-state index contributed by atoms with van der Waals surface area (Å²) in [7, 11) is 0. The lowest BCUT2D eigenvalue weighted by molar-refractivity contribution is -0.150. The molecule has 39 nitrogen and oxygen atoms in total. The number of nitrogens with one attached hydrogen (secondary N) is 12. The summed E-state index contributed by atoms with van der Waals surface area (Å²) in [5, 5.41) is 49.7. The van der Waals surface area contributed by atoms with Gasteiger partial charge in [-0.15, -0.1) is 0 Å². The molecule has 4 aliphatic rings. The Bertz CT molecular complexity index is 3700. The number of carboxylic acids is 1. The maximum atomic E-state index is 14.7. The first-order chi connectivity index (χ1) is 53.7. The Morgan fingerprint density at radius 2 is 1.05 bits per heavy atom. The van der Waals surface area contributed by atoms with E-state index >= 15 is 0 Å². The predicted molar refractivity (Wildman–Crippen MR) is 418 cm³/mol. The quantitative estimate of drug-likeness (QED) is 0.0128. The van der Waals surface area contributed by atoms with Crippen LogP contribution in [-0.4, -0.2) is 277 Å². The number of aliphatic hydroxyl groups excluding tert-OH is 1. The molecule has 624 valence electrons. The van der Waals surface area contributed by atoms with Crippen molar-refractivity contribution >= 4 is 125 Å². The molecule has 4 saturated heterocycles. The number of aromatic amines is 1. The zero-order chi connectivity index (χ0) is 83.2. The number of imidazole rings is 1. The standard InChI is InChI=1S/C72H112N22O17S2/c1-38(2)31-47(87-65(105)52-19-12-27-92(52)67(107)46(24-30-113-6)85-64(104)51(36-112)90-57(97)40(5)81-58(98)43(17-10-25-78-71(73)74)83-59(99)45-22-23-55(96)82-45)61(101)86-48(33-42-34-77-37-80-42)62(102)89-50(35-95)63(103)84-44(18-11-26-79-72(75)76)60(100)91-56(39(3)4)69(109)93-28-13-20-53(93)66(106)88-49(32-41-15-8-7-9-16-41)68(108)94-29-14-21-54(94)70(110)111/h7-9,15-16,34,37-40,43-54,56,95,112H,10-14,17-33,35-36H2,1-6H3,(H,77,80)(H,81,98)(H,82,96)(H,83,99)(H,84,103)(H,85,104)(H,86,101)(H,87,105)(H,88,106)(H,89,102)(H,90,97)(H,91,100)(H,110,111)(H4,73,74,78)(H4,75,76,79)/t40-,43+,44-,45?,46-,47-,48-,49-,50-,51-,52-,53-,54-,56-/m1/s1. The molecule has 41 heteroatoms. The molecule has 14 atom stereocenters. The molecule has 5 heterocycles. The molecule has 113 heavy (non-hydrogen) atoms. The van der Waals surface area contributed by atoms with Gasteiger partial charge in [0.05, 0.1) is 12.9 Å². The molecule has 14 amide bonds. The summed E-state index contributed by atoms with van der Waals surface area (Å²) in [6.07, 6.45) is 6.51. The number of H-pyrrole nitrogens is 1. The molecule has 6 rings (SSSR count). The summed E-state index contributed by atoms with van der Waals surface area (Å²) < 4.78 is 0. The topological polar surface area (TPSA) is 596 Å². The first-order valence-electron chi connectivity index (χ1n) is 38.1. The molecule has 0 radical (unpaired) electrons. The number of aliphatic hydroxyl groups is 1. The smallest absolute Gasteiger partial charge is 0.326 e. The van der Waals surface area contributed by atoms with Crippen LogP contribution in [0.5, 0.6) is 0 Å². The fourth-order valence-corrected chi connectivity index (χ4v) is 14.4. The number of benzene rings is 1. The number of aromatic nitrogens is 2. The average Bonchev–Trinajstić information content (AvgIpc) is 1.72. The molecule has 4 fully saturated rings. The van der Waals surface area contributed by atoms with Crippen molar-refractivity contribution in [3.63, 3.8) is 0 Å². The summed E-state index contributed by atoms with van der Waals surface area (Å²) >= 11 is 5.68. The van der Waals surface area contributed by atoms with E-state index in [-0.39, 0.29) is 146 Å². The van der Waals surface area contributed by atoms with Gasteiger partial charge in [0, 0.05) is 69.6 Å². The van der Waals surface area contributed by atoms with Crippen LogP contribution in [0.4, 0.5) is 0 Å². The third-order valence-electron chi connectivity index (χ3n) is 19.7. The van der Waals surface area contributed by atoms with Crippen LogP contribution in [0.25, 0.3) is 0 Å². The van der Waals surface area contributed by atoms with Crippen molar-refractivity contribution in [1.29, 1.82) is 0 Å². The number of amides is 14. The minimum absolute atomic E-state index is 0.00146. The highest BCUT2D eigenvalue weighted by molar-refractivity contribution is 7.98. The Hall–Kier alpha value is -10.3. The predicted octanol–water partition coefficient (Wildman–Crippen LogP) is -5.12. The molecule has 0 spiro atoms. The molecule has 2 aromatic rings. The van der Waals surface area contributed by atoms with Gasteiger partial charge >= 0.3 is 5.97 Å². The molecule has 0 aliphatic carbocycles. The van der Waals surface area contributed by atoms with Crippen molar-refractivity contribution in [3.05, 3.63) is 54.1 Å². The van der Waals surface area contributed by atoms with Gasteiger partial charge in [-0.3, -0.25) is 77.1 Å². The van der Waals surface area contributed by atoms with Crippen LogP contribution in [0.1, 0.15) is 136 Å². The minimum Gasteiger partial charge on any atom is -0.480 e. The maximum absolute atomic E-state index is 14.7. The highest BCUT2D eigenvalue weighted by Crippen LogP contribution is 2.25. The summed E-state index contributed by atoms with van der Waals surface area (Å²) in [6, 6.07) is -9.20. The normalized spacial score (nSPS) is 19.2. The highest BCUT2D eigenvalue weighted by atomic mass is 32.2. The first-order valence-corrected chi connectivity index (χ1v) is 40.1. The summed E-state index contributed by atoms with van der Waals surface area (Å²) in [5.74, 6) is -13.0. The van der Waals surface area contributed by atoms with Crippen LogP contribution in [0.2, 0.25) is 0 Å². The lowest BCUT2D eigenvalue weighted by Gasteiger charge is -2.33. The lowest BCUT2D eigenvalue weighted by atomic mass is 10.0. The SMILES string of the molecule is CSCC[C@@H](NC(=O)[C@@H](CS)NC(=O)[C@@H](C)NC(=O)[C@H](CCCN=C(N)N)NC(=O)C1CCC(=O)N1)C(=O)N1CCC[C@@H]1C(=O)N[C@H](CC(C)C)C(=O)N[C@H](Cc1cnc[nH]1)C(=O)N[C@H](CO)C(=O)N[C@H](CCCN=C(N)N)C(=O)N[C@@H](C(=O)N1CCC[C@@H]1C(=O)N[C@H](Cc1ccccc1)C(=O)N1CCC[C@@H]1C(=O)O)C(C)C. The number of hydrogen-bond donors (Lipinski definition) is 19. The minimum atomic E-state index is -1.80. The fraction of sp³-hybridized carbons (Fsp3) is 0.639. The Morgan fingerprint density at radius 1 is 0.566 bits per heavy atom. The lowest BCUT2D eigenvalue weighted by Crippen LogP contribution is -2.62. The highest BCUT2D eigenvalue weighted by Gasteiger charge is 2.45. The van der Waals surface area contributed by atoms with Crippen LogP contribution in [0.3, 0.4) is 0 Å². The van der Waals surface area contributed by atoms with E-state index in [1.807, 2.05) is 0 Å². The van der Waals surface area contributed by atoms with Crippen LogP contribution >= 0.6 is 24.4 Å². The third-order valence-corrected chi connectivity index (χ3v) is 20.7. The molecule has 1 aromatic heterocycles. The number of guanidine groups is 2. The molecule has 1 aromatic carbocycles. The summed E-state index contributed by atoms with van der Waals surface area (Å²) in [5.41, 5.74) is 23.1. The average molecular weight is 1620 g/mol. The van der Waals surface area contributed by atoms with Crippen molar-refractivity contribution in [2.75, 3.05) is 57.1 Å². The van der Waals surface area contributed by atoms with Gasteiger partial charge in [-0.05, 0) is 120 Å². The molecule has 0 saturated carbocycles. The van der Waals surface area contributed by atoms with Crippen LogP contribution < -0.4 is 81.4 Å². The van der Waals surface area contributed by atoms with Gasteiger partial charge < -0.3 is 111 Å². The number of carbonyl (C=O) groups is 15. The van der Waals surface area contributed by atoms with Gasteiger partial charge in [0.2, 0.25) is 82.7 Å². The zero-order valence-electron chi connectivity index (χ0n) is 64.6. The number of likely N-dealkylation sites (tertiary alicyclic amines) is 3. The van der Waals surface area contributed by atoms with E-state index in [9.17, 15) is 82.1 Å². The Kier molecular flexibility index (Phi) is 36.8. The van der Waals surface area contributed by atoms with E-state index in [0.29, 0.717) is 36.3 Å². The van der Waals surface area contributed by atoms with Crippen LogP contribution in [0, 0.1) is 11.8 Å². The number of thiol groups is 1. The van der Waals surface area contributed by atoms with Crippen molar-refractivity contribution in [2.45, 2.75) is 222 Å². The van der Waals surface area contributed by atoms with Crippen LogP contribution in [0.15, 0.2) is 52.8 Å². The van der Waals surface area contributed by atoms with Crippen molar-refractivity contribution in [3.8, 4) is 0 Å². The zero-order valence-corrected chi connectivity index (χ0v) is 66.3. The van der Waals surface area contributed by atoms with Crippen molar-refractivity contribution in [1.82, 2.24) is 83.2 Å². The number of aliphatic carboxylic acids is 1. The number of aliphatic imine (C=N–C) groups is 2. The number of nitrogens with zero attached hydrogens (tertiary/aromatic N) is 6. The third kappa shape index (κ3) is 28.1. The second kappa shape index (κ2) is 45.4. The summed E-state index contributed by atoms with van der Waals surface area (Å²) in [4.78, 5) is 228. The van der Waals surface area contributed by atoms with E-state index in [0.717, 1.165) is 0 Å². The first kappa shape index (κ1) is 91.6. The van der Waals surface area contributed by atoms with Crippen LogP contribution in [-0.2, 0) is 84.8 Å².